The lowest BCUT2D eigenvalue weighted by molar-refractivity contribution is -0.124. The number of sulfone groups is 1. The second kappa shape index (κ2) is 6.16. The predicted octanol–water partition coefficient (Wildman–Crippen LogP) is 1.79. The first-order valence-corrected chi connectivity index (χ1v) is 9.14. The van der Waals surface area contributed by atoms with Crippen LogP contribution in [0.15, 0.2) is 46.9 Å². The molecule has 23 heavy (non-hydrogen) atoms. The molecule has 1 saturated heterocycles. The number of piperidine rings is 1. The van der Waals surface area contributed by atoms with Crippen LogP contribution in [0, 0.1) is 0 Å². The molecule has 7 heteroatoms. The summed E-state index contributed by atoms with van der Waals surface area (Å²) in [7, 11) is -3.90. The second-order valence-electron chi connectivity index (χ2n) is 5.60. The number of hydrogen-bond acceptors (Lipinski definition) is 5. The normalized spacial score (nSPS) is 19.7. The van der Waals surface area contributed by atoms with E-state index in [1.165, 1.54) is 11.1 Å². The van der Waals surface area contributed by atoms with E-state index >= 15 is 0 Å². The number of anilines is 1. The van der Waals surface area contributed by atoms with Crippen molar-refractivity contribution in [3.8, 4) is 0 Å². The lowest BCUT2D eigenvalue weighted by Gasteiger charge is -2.30. The minimum absolute atomic E-state index is 0.122. The molecule has 1 aromatic rings. The van der Waals surface area contributed by atoms with Crippen LogP contribution in [0.2, 0.25) is 0 Å². The van der Waals surface area contributed by atoms with Gasteiger partial charge in [0.1, 0.15) is 0 Å². The maximum Gasteiger partial charge on any atom is 0.286 e. The number of rotatable bonds is 3. The minimum Gasteiger partial charge on any atom is -0.337 e. The molecule has 3 rings (SSSR count). The van der Waals surface area contributed by atoms with Crippen molar-refractivity contribution in [2.24, 2.45) is 5.10 Å². The van der Waals surface area contributed by atoms with Crippen molar-refractivity contribution < 1.29 is 13.2 Å². The Labute approximate surface area is 136 Å². The molecule has 0 radical (unpaired) electrons. The molecule has 2 aliphatic heterocycles. The van der Waals surface area contributed by atoms with E-state index in [1.54, 1.807) is 29.2 Å². The average molecular weight is 333 g/mol. The number of fused-ring (bicyclic) bond motifs is 1. The third-order valence-corrected chi connectivity index (χ3v) is 5.72. The van der Waals surface area contributed by atoms with Crippen LogP contribution in [0.25, 0.3) is 0 Å². The Morgan fingerprint density at radius 1 is 1.22 bits per heavy atom. The molecule has 2 aliphatic rings. The Bertz CT molecular complexity index is 765. The lowest BCUT2D eigenvalue weighted by atomic mass is 10.1. The first-order chi connectivity index (χ1) is 11.1. The van der Waals surface area contributed by atoms with Crippen LogP contribution in [-0.4, -0.2) is 43.9 Å². The van der Waals surface area contributed by atoms with Gasteiger partial charge in [-0.15, -0.1) is 6.58 Å². The number of amides is 1. The van der Waals surface area contributed by atoms with E-state index in [9.17, 15) is 13.2 Å². The summed E-state index contributed by atoms with van der Waals surface area (Å²) < 4.78 is 25.6. The number of likely N-dealkylation sites (tertiary alicyclic amines) is 1. The van der Waals surface area contributed by atoms with Gasteiger partial charge in [-0.2, -0.15) is 5.10 Å². The largest absolute Gasteiger partial charge is 0.337 e. The van der Waals surface area contributed by atoms with E-state index in [0.717, 1.165) is 19.3 Å². The van der Waals surface area contributed by atoms with E-state index in [-0.39, 0.29) is 9.94 Å². The summed E-state index contributed by atoms with van der Waals surface area (Å²) in [6.45, 7) is 5.16. The van der Waals surface area contributed by atoms with Crippen LogP contribution in [-0.2, 0) is 14.6 Å². The van der Waals surface area contributed by atoms with Crippen LogP contribution >= 0.6 is 0 Å². The van der Waals surface area contributed by atoms with Gasteiger partial charge in [0.05, 0.1) is 17.1 Å². The van der Waals surface area contributed by atoms with Gasteiger partial charge in [-0.3, -0.25) is 9.80 Å². The number of hydrazone groups is 1. The number of nitrogens with zero attached hydrogens (tertiary/aromatic N) is 3. The van der Waals surface area contributed by atoms with Crippen LogP contribution in [0.1, 0.15) is 19.3 Å². The summed E-state index contributed by atoms with van der Waals surface area (Å²) in [5.41, 5.74) is 0.475. The molecule has 0 atom stereocenters. The number of benzene rings is 1. The first-order valence-electron chi connectivity index (χ1n) is 7.66. The zero-order valence-electron chi connectivity index (χ0n) is 12.8. The monoisotopic (exact) mass is 333 g/mol. The molecule has 1 amide bonds. The molecule has 0 N–H and O–H groups in total. The quantitative estimate of drug-likeness (QED) is 0.791. The Morgan fingerprint density at radius 3 is 2.61 bits per heavy atom. The van der Waals surface area contributed by atoms with E-state index < -0.39 is 15.7 Å². The molecule has 122 valence electrons. The van der Waals surface area contributed by atoms with E-state index in [1.807, 2.05) is 0 Å². The minimum atomic E-state index is -3.90. The third-order valence-electron chi connectivity index (χ3n) is 4.03. The Balaban J connectivity index is 2.05. The van der Waals surface area contributed by atoms with Gasteiger partial charge in [0.25, 0.3) is 5.91 Å². The van der Waals surface area contributed by atoms with Gasteiger partial charge in [0.2, 0.25) is 14.9 Å². The van der Waals surface area contributed by atoms with Gasteiger partial charge in [-0.1, -0.05) is 18.2 Å². The van der Waals surface area contributed by atoms with Gasteiger partial charge in [0.15, 0.2) is 0 Å². The summed E-state index contributed by atoms with van der Waals surface area (Å²) in [6, 6.07) is 6.59. The average Bonchev–Trinajstić information content (AvgIpc) is 2.58. The van der Waals surface area contributed by atoms with Crippen molar-refractivity contribution in [3.63, 3.8) is 0 Å². The fraction of sp³-hybridized carbons (Fsp3) is 0.375. The fourth-order valence-electron chi connectivity index (χ4n) is 2.87. The number of hydrogen-bond donors (Lipinski definition) is 0. The predicted molar refractivity (Wildman–Crippen MR) is 89.0 cm³/mol. The van der Waals surface area contributed by atoms with Crippen molar-refractivity contribution in [1.82, 2.24) is 4.90 Å². The summed E-state index contributed by atoms with van der Waals surface area (Å²) in [5, 5.41) is 5.27. The summed E-state index contributed by atoms with van der Waals surface area (Å²) in [6.07, 6.45) is 4.48. The molecular weight excluding hydrogens is 314 g/mol. The summed E-state index contributed by atoms with van der Waals surface area (Å²) >= 11 is 0. The first kappa shape index (κ1) is 15.7. The van der Waals surface area contributed by atoms with Crippen molar-refractivity contribution in [1.29, 1.82) is 0 Å². The topological polar surface area (TPSA) is 70.1 Å². The Kier molecular flexibility index (Phi) is 4.21. The van der Waals surface area contributed by atoms with E-state index in [4.69, 9.17) is 0 Å². The molecule has 6 nitrogen and oxygen atoms in total. The van der Waals surface area contributed by atoms with Crippen molar-refractivity contribution >= 4 is 26.5 Å². The molecular formula is C16H19N3O3S. The highest BCUT2D eigenvalue weighted by molar-refractivity contribution is 8.08. The van der Waals surface area contributed by atoms with Gasteiger partial charge < -0.3 is 4.90 Å². The van der Waals surface area contributed by atoms with Crippen LogP contribution in [0.5, 0.6) is 0 Å². The molecule has 0 aliphatic carbocycles. The van der Waals surface area contributed by atoms with Crippen LogP contribution in [0.3, 0.4) is 0 Å². The van der Waals surface area contributed by atoms with Crippen molar-refractivity contribution in [2.45, 2.75) is 24.2 Å². The zero-order valence-corrected chi connectivity index (χ0v) is 13.6. The highest BCUT2D eigenvalue weighted by atomic mass is 32.2. The Hall–Kier alpha value is -2.15. The third kappa shape index (κ3) is 2.76. The lowest BCUT2D eigenvalue weighted by Crippen LogP contribution is -2.45. The van der Waals surface area contributed by atoms with Crippen molar-refractivity contribution in [3.05, 3.63) is 36.9 Å². The molecule has 1 fully saturated rings. The standard InChI is InChI=1S/C16H19N3O3S/c1-2-10-19-13-8-4-5-9-14(13)23(21,22)15(17-19)16(20)18-11-6-3-7-12-18/h2,4-5,8-9H,1,3,6-7,10-12H2. The smallest absolute Gasteiger partial charge is 0.286 e. The number of para-hydroxylation sites is 1. The van der Waals surface area contributed by atoms with Crippen molar-refractivity contribution in [2.75, 3.05) is 24.6 Å². The van der Waals surface area contributed by atoms with Crippen LogP contribution < -0.4 is 5.01 Å². The van der Waals surface area contributed by atoms with Gasteiger partial charge in [0, 0.05) is 13.1 Å². The number of carbonyl (C=O) groups excluding carboxylic acids is 1. The maximum absolute atomic E-state index is 12.8. The maximum atomic E-state index is 12.8. The SMILES string of the molecule is C=CCN1N=C(C(=O)N2CCCCC2)S(=O)(=O)c2ccccc21. The van der Waals surface area contributed by atoms with Gasteiger partial charge in [-0.25, -0.2) is 8.42 Å². The molecule has 2 heterocycles. The Morgan fingerprint density at radius 2 is 1.91 bits per heavy atom. The fourth-order valence-corrected chi connectivity index (χ4v) is 4.35. The molecule has 0 bridgehead atoms. The zero-order chi connectivity index (χ0) is 16.4. The molecule has 0 aromatic heterocycles. The molecule has 0 saturated carbocycles. The van der Waals surface area contributed by atoms with Gasteiger partial charge >= 0.3 is 0 Å². The highest BCUT2D eigenvalue weighted by Crippen LogP contribution is 2.32. The second-order valence-corrected chi connectivity index (χ2v) is 7.43. The van der Waals surface area contributed by atoms with Gasteiger partial charge in [-0.05, 0) is 31.4 Å². The number of carbonyl (C=O) groups is 1. The van der Waals surface area contributed by atoms with E-state index in [0.29, 0.717) is 25.3 Å². The highest BCUT2D eigenvalue weighted by Gasteiger charge is 2.39. The van der Waals surface area contributed by atoms with Crippen LogP contribution in [0.4, 0.5) is 5.69 Å². The molecule has 0 unspecified atom stereocenters. The molecule has 0 spiro atoms. The summed E-state index contributed by atoms with van der Waals surface area (Å²) in [4.78, 5) is 14.4. The van der Waals surface area contributed by atoms with E-state index in [2.05, 4.69) is 11.7 Å². The molecule has 1 aromatic carbocycles. The summed E-state index contributed by atoms with van der Waals surface area (Å²) in [5.74, 6) is -0.506.